The number of ether oxygens (including phenoxy) is 1. The molecule has 2 atom stereocenters. The van der Waals surface area contributed by atoms with Gasteiger partial charge in [-0.1, -0.05) is 11.8 Å². The highest BCUT2D eigenvalue weighted by atomic mass is 32.2. The summed E-state index contributed by atoms with van der Waals surface area (Å²) in [5.74, 6) is -1.34. The Kier molecular flexibility index (Phi) is 5.09. The number of carbonyl (C=O) groups excluding carboxylic acids is 1. The first-order valence-electron chi connectivity index (χ1n) is 7.58. The summed E-state index contributed by atoms with van der Waals surface area (Å²) in [5.41, 5.74) is 0.380. The molecule has 0 aliphatic carbocycles. The molecule has 2 aliphatic heterocycles. The van der Waals surface area contributed by atoms with E-state index in [4.69, 9.17) is 5.26 Å². The highest BCUT2D eigenvalue weighted by Gasteiger charge is 2.49. The van der Waals surface area contributed by atoms with E-state index < -0.39 is 40.3 Å². The Morgan fingerprint density at radius 3 is 2.59 bits per heavy atom. The fourth-order valence-electron chi connectivity index (χ4n) is 2.89. The van der Waals surface area contributed by atoms with E-state index >= 15 is 0 Å². The number of amides is 1. The van der Waals surface area contributed by atoms with Crippen molar-refractivity contribution in [2.75, 3.05) is 16.4 Å². The topological polar surface area (TPSA) is 99.8 Å². The lowest BCUT2D eigenvalue weighted by Gasteiger charge is -2.24. The molecule has 27 heavy (non-hydrogen) atoms. The maximum Gasteiger partial charge on any atom is 0.573 e. The van der Waals surface area contributed by atoms with Gasteiger partial charge in [0.15, 0.2) is 15.0 Å². The summed E-state index contributed by atoms with van der Waals surface area (Å²) >= 11 is 1.11. The molecule has 1 amide bonds. The first-order chi connectivity index (χ1) is 12.6. The van der Waals surface area contributed by atoms with Crippen LogP contribution in [0.25, 0.3) is 0 Å². The molecule has 2 aliphatic rings. The van der Waals surface area contributed by atoms with Gasteiger partial charge in [-0.2, -0.15) is 10.3 Å². The number of anilines is 1. The van der Waals surface area contributed by atoms with Crippen molar-refractivity contribution in [2.45, 2.75) is 24.1 Å². The zero-order valence-corrected chi connectivity index (χ0v) is 15.1. The number of alkyl halides is 3. The minimum absolute atomic E-state index is 0.0838. The molecule has 0 spiro atoms. The van der Waals surface area contributed by atoms with Crippen LogP contribution in [-0.4, -0.2) is 48.7 Å². The van der Waals surface area contributed by atoms with Crippen LogP contribution in [0.3, 0.4) is 0 Å². The molecule has 0 bridgehead atoms. The standard InChI is InChI=1S/C15H12F3N3O4S2/c16-15(17,18)25-10-3-1-9(2-4-10)21-11-7-27(23,24)8-12(11)26-14(21)20-13(22)5-6-19/h1-4,11-12H,5,7-8H2/t11-,12-/m0/s1. The molecule has 144 valence electrons. The number of carbonyl (C=O) groups is 1. The molecule has 0 radical (unpaired) electrons. The Balaban J connectivity index is 1.92. The smallest absolute Gasteiger partial charge is 0.406 e. The summed E-state index contributed by atoms with van der Waals surface area (Å²) in [5, 5.41) is 8.48. The maximum absolute atomic E-state index is 12.3. The van der Waals surface area contributed by atoms with Gasteiger partial charge in [-0.15, -0.1) is 13.2 Å². The van der Waals surface area contributed by atoms with Gasteiger partial charge in [0.25, 0.3) is 5.91 Å². The minimum Gasteiger partial charge on any atom is -0.406 e. The van der Waals surface area contributed by atoms with Gasteiger partial charge in [0.05, 0.1) is 23.6 Å². The van der Waals surface area contributed by atoms with Crippen LogP contribution in [0.5, 0.6) is 5.75 Å². The Morgan fingerprint density at radius 2 is 2.00 bits per heavy atom. The summed E-state index contributed by atoms with van der Waals surface area (Å²) in [6.07, 6.45) is -5.25. The number of sulfone groups is 1. The van der Waals surface area contributed by atoms with Crippen molar-refractivity contribution in [2.24, 2.45) is 4.99 Å². The molecule has 7 nitrogen and oxygen atoms in total. The normalized spacial score (nSPS) is 25.3. The molecule has 12 heteroatoms. The zero-order chi connectivity index (χ0) is 19.8. The van der Waals surface area contributed by atoms with Gasteiger partial charge in [-0.3, -0.25) is 4.79 Å². The third kappa shape index (κ3) is 4.54. The molecule has 3 rings (SSSR count). The van der Waals surface area contributed by atoms with Crippen LogP contribution in [0.15, 0.2) is 29.3 Å². The van der Waals surface area contributed by atoms with Crippen LogP contribution in [0, 0.1) is 11.3 Å². The number of thioether (sulfide) groups is 1. The fraction of sp³-hybridized carbons (Fsp3) is 0.400. The number of amidine groups is 1. The number of nitriles is 1. The largest absolute Gasteiger partial charge is 0.573 e. The average Bonchev–Trinajstić information content (AvgIpc) is 2.98. The molecule has 0 unspecified atom stereocenters. The first kappa shape index (κ1) is 19.5. The number of aliphatic imine (C=N–C) groups is 1. The quantitative estimate of drug-likeness (QED) is 0.740. The molecular weight excluding hydrogens is 407 g/mol. The van der Waals surface area contributed by atoms with Crippen molar-refractivity contribution in [1.29, 1.82) is 5.26 Å². The van der Waals surface area contributed by atoms with E-state index in [2.05, 4.69) is 9.73 Å². The molecular formula is C15H12F3N3O4S2. The third-order valence-electron chi connectivity index (χ3n) is 3.87. The highest BCUT2D eigenvalue weighted by Crippen LogP contribution is 2.41. The SMILES string of the molecule is N#CCC(=O)N=C1S[C@H]2CS(=O)(=O)C[C@@H]2N1c1ccc(OC(F)(F)F)cc1. The second-order valence-electron chi connectivity index (χ2n) is 5.84. The van der Waals surface area contributed by atoms with Crippen LogP contribution >= 0.6 is 11.8 Å². The first-order valence-corrected chi connectivity index (χ1v) is 10.3. The second kappa shape index (κ2) is 7.05. The second-order valence-corrected chi connectivity index (χ2v) is 9.20. The summed E-state index contributed by atoms with van der Waals surface area (Å²) in [7, 11) is -3.27. The number of hydrogen-bond acceptors (Lipinski definition) is 6. The molecule has 1 aromatic rings. The zero-order valence-electron chi connectivity index (χ0n) is 13.5. The molecule has 2 saturated heterocycles. The molecule has 0 aromatic heterocycles. The van der Waals surface area contributed by atoms with Crippen molar-refractivity contribution in [3.63, 3.8) is 0 Å². The van der Waals surface area contributed by atoms with E-state index in [0.717, 1.165) is 23.9 Å². The van der Waals surface area contributed by atoms with Crippen molar-refractivity contribution in [3.05, 3.63) is 24.3 Å². The van der Waals surface area contributed by atoms with E-state index in [-0.39, 0.29) is 21.9 Å². The van der Waals surface area contributed by atoms with Gasteiger partial charge in [0.1, 0.15) is 12.2 Å². The lowest BCUT2D eigenvalue weighted by atomic mass is 10.2. The van der Waals surface area contributed by atoms with Gasteiger partial charge in [0, 0.05) is 10.9 Å². The molecule has 1 aromatic carbocycles. The number of benzene rings is 1. The predicted octanol–water partition coefficient (Wildman–Crippen LogP) is 2.10. The van der Waals surface area contributed by atoms with Crippen LogP contribution in [-0.2, 0) is 14.6 Å². The van der Waals surface area contributed by atoms with Crippen LogP contribution < -0.4 is 9.64 Å². The van der Waals surface area contributed by atoms with Gasteiger partial charge in [-0.25, -0.2) is 8.42 Å². The van der Waals surface area contributed by atoms with Gasteiger partial charge in [0.2, 0.25) is 0 Å². The van der Waals surface area contributed by atoms with Crippen molar-refractivity contribution in [1.82, 2.24) is 0 Å². The van der Waals surface area contributed by atoms with Gasteiger partial charge in [-0.05, 0) is 24.3 Å². The minimum atomic E-state index is -4.83. The summed E-state index contributed by atoms with van der Waals surface area (Å²) in [6, 6.07) is 6.05. The van der Waals surface area contributed by atoms with E-state index in [1.807, 2.05) is 0 Å². The fourth-order valence-corrected chi connectivity index (χ4v) is 6.82. The van der Waals surface area contributed by atoms with Gasteiger partial charge >= 0.3 is 6.36 Å². The highest BCUT2D eigenvalue weighted by molar-refractivity contribution is 8.16. The molecule has 2 fully saturated rings. The summed E-state index contributed by atoms with van der Waals surface area (Å²) in [6.45, 7) is 0. The number of fused-ring (bicyclic) bond motifs is 1. The summed E-state index contributed by atoms with van der Waals surface area (Å²) < 4.78 is 64.6. The van der Waals surface area contributed by atoms with Crippen LogP contribution in [0.4, 0.5) is 18.9 Å². The average molecular weight is 419 g/mol. The van der Waals surface area contributed by atoms with E-state index in [1.165, 1.54) is 17.0 Å². The van der Waals surface area contributed by atoms with E-state index in [9.17, 15) is 26.4 Å². The van der Waals surface area contributed by atoms with Gasteiger partial charge < -0.3 is 9.64 Å². The van der Waals surface area contributed by atoms with Crippen molar-refractivity contribution in [3.8, 4) is 11.8 Å². The monoisotopic (exact) mass is 419 g/mol. The number of halogens is 3. The lowest BCUT2D eigenvalue weighted by molar-refractivity contribution is -0.274. The Labute approximate surface area is 156 Å². The molecule has 0 saturated carbocycles. The van der Waals surface area contributed by atoms with Crippen LogP contribution in [0.1, 0.15) is 6.42 Å². The number of rotatable bonds is 3. The Bertz CT molecular complexity index is 923. The van der Waals surface area contributed by atoms with E-state index in [1.54, 1.807) is 6.07 Å². The number of hydrogen-bond donors (Lipinski definition) is 0. The molecule has 0 N–H and O–H groups in total. The Hall–Kier alpha value is -2.26. The van der Waals surface area contributed by atoms with Crippen LogP contribution in [0.2, 0.25) is 0 Å². The Morgan fingerprint density at radius 1 is 1.33 bits per heavy atom. The third-order valence-corrected chi connectivity index (χ3v) is 7.08. The van der Waals surface area contributed by atoms with E-state index in [0.29, 0.717) is 5.69 Å². The van der Waals surface area contributed by atoms with Crippen molar-refractivity contribution >= 4 is 38.4 Å². The molecule has 2 heterocycles. The lowest BCUT2D eigenvalue weighted by Crippen LogP contribution is -2.37. The predicted molar refractivity (Wildman–Crippen MR) is 92.1 cm³/mol. The number of nitrogens with zero attached hydrogens (tertiary/aromatic N) is 3. The maximum atomic E-state index is 12.3. The van der Waals surface area contributed by atoms with Crippen molar-refractivity contribution < 1.29 is 31.1 Å². The summed E-state index contributed by atoms with van der Waals surface area (Å²) in [4.78, 5) is 17.1.